The molecule has 9 rings (SSSR count). The largest absolute Gasteiger partial charge is 0.416 e. The van der Waals surface area contributed by atoms with Crippen LogP contribution in [0, 0.1) is 27.7 Å². The number of hydrogen-bond acceptors (Lipinski definition) is 5. The predicted octanol–water partition coefficient (Wildman–Crippen LogP) is 12.9. The normalized spacial score (nSPS) is 11.3. The van der Waals surface area contributed by atoms with Crippen LogP contribution >= 0.6 is 0 Å². The zero-order valence-corrected chi connectivity index (χ0v) is 31.2. The number of hydrogen-bond donors (Lipinski definition) is 0. The van der Waals surface area contributed by atoms with Gasteiger partial charge in [0.1, 0.15) is 0 Å². The highest BCUT2D eigenvalue weighted by molar-refractivity contribution is 5.96. The van der Waals surface area contributed by atoms with E-state index in [-0.39, 0.29) is 0 Å². The molecule has 0 aliphatic heterocycles. The summed E-state index contributed by atoms with van der Waals surface area (Å²) >= 11 is 0. The first-order chi connectivity index (χ1) is 26.8. The van der Waals surface area contributed by atoms with Crippen molar-refractivity contribution in [2.24, 2.45) is 0 Å². The van der Waals surface area contributed by atoms with Crippen molar-refractivity contribution in [2.45, 2.75) is 27.7 Å². The Kier molecular flexibility index (Phi) is 8.68. The Morgan fingerprint density at radius 3 is 1.11 bits per heavy atom. The second-order valence-corrected chi connectivity index (χ2v) is 14.4. The zero-order chi connectivity index (χ0) is 37.5. The van der Waals surface area contributed by atoms with E-state index in [2.05, 4.69) is 147 Å². The molecule has 55 heavy (non-hydrogen) atoms. The van der Waals surface area contributed by atoms with Gasteiger partial charge in [0.2, 0.25) is 11.8 Å². The van der Waals surface area contributed by atoms with Crippen molar-refractivity contribution in [3.63, 3.8) is 0 Å². The lowest BCUT2D eigenvalue weighted by atomic mass is 9.90. The van der Waals surface area contributed by atoms with E-state index >= 15 is 0 Å². The maximum Gasteiger partial charge on any atom is 0.248 e. The first kappa shape index (κ1) is 33.8. The van der Waals surface area contributed by atoms with Crippen molar-refractivity contribution < 1.29 is 4.42 Å². The van der Waals surface area contributed by atoms with Crippen LogP contribution in [0.1, 0.15) is 22.3 Å². The molecule has 264 valence electrons. The van der Waals surface area contributed by atoms with Crippen LogP contribution in [0.3, 0.4) is 0 Å². The van der Waals surface area contributed by atoms with Gasteiger partial charge in [-0.3, -0.25) is 0 Å². The Bertz CT molecular complexity index is 2780. The molecule has 2 aromatic heterocycles. The standard InChI is InChI=1S/C50H38N4O/c1-31-23-32(2)26-41(25-31)43-29-45-46(30-44(43)42-27-33(3)24-34(4)28-42)52-48(47(51-45)37-11-7-5-8-12-37)38-19-15-35(16-20-38)36-17-21-40(22-18-36)50-54-53-49(55-50)39-13-9-6-10-14-39/h5-30H,1-4H3. The lowest BCUT2D eigenvalue weighted by molar-refractivity contribution is 0.584. The van der Waals surface area contributed by atoms with E-state index in [9.17, 15) is 0 Å². The molecule has 0 N–H and O–H groups in total. The molecule has 7 aromatic carbocycles. The van der Waals surface area contributed by atoms with Crippen molar-refractivity contribution >= 4 is 11.0 Å². The molecule has 5 heteroatoms. The SMILES string of the molecule is Cc1cc(C)cc(-c2cc3nc(-c4ccccc4)c(-c4ccc(-c5ccc(-c6nnc(-c7ccccc7)o6)cc5)cc4)nc3cc2-c2cc(C)cc(C)c2)c1. The van der Waals surface area contributed by atoms with E-state index < -0.39 is 0 Å². The van der Waals surface area contributed by atoms with Crippen LogP contribution in [0.2, 0.25) is 0 Å². The number of aromatic nitrogens is 4. The zero-order valence-electron chi connectivity index (χ0n) is 31.2. The monoisotopic (exact) mass is 710 g/mol. The summed E-state index contributed by atoms with van der Waals surface area (Å²) in [4.78, 5) is 10.8. The van der Waals surface area contributed by atoms with Crippen molar-refractivity contribution in [1.29, 1.82) is 0 Å². The van der Waals surface area contributed by atoms with E-state index in [1.54, 1.807) is 0 Å². The molecule has 0 unspecified atom stereocenters. The van der Waals surface area contributed by atoms with Gasteiger partial charge in [0, 0.05) is 22.3 Å². The molecular weight excluding hydrogens is 673 g/mol. The number of fused-ring (bicyclic) bond motifs is 1. The number of aryl methyl sites for hydroxylation is 4. The van der Waals surface area contributed by atoms with E-state index in [1.165, 1.54) is 33.4 Å². The fraction of sp³-hybridized carbons (Fsp3) is 0.0800. The Morgan fingerprint density at radius 2 is 0.673 bits per heavy atom. The van der Waals surface area contributed by atoms with Crippen LogP contribution in [-0.4, -0.2) is 20.2 Å². The Balaban J connectivity index is 1.12. The van der Waals surface area contributed by atoms with Crippen LogP contribution in [0.15, 0.2) is 162 Å². The minimum Gasteiger partial charge on any atom is -0.416 e. The first-order valence-electron chi connectivity index (χ1n) is 18.5. The minimum absolute atomic E-state index is 0.492. The first-order valence-corrected chi connectivity index (χ1v) is 18.5. The lowest BCUT2D eigenvalue weighted by Crippen LogP contribution is -1.98. The highest BCUT2D eigenvalue weighted by atomic mass is 16.4. The van der Waals surface area contributed by atoms with E-state index in [1.807, 2.05) is 48.5 Å². The average Bonchev–Trinajstić information content (AvgIpc) is 3.71. The fourth-order valence-electron chi connectivity index (χ4n) is 7.50. The van der Waals surface area contributed by atoms with Crippen LogP contribution in [-0.2, 0) is 0 Å². The highest BCUT2D eigenvalue weighted by Gasteiger charge is 2.18. The minimum atomic E-state index is 0.492. The van der Waals surface area contributed by atoms with E-state index in [0.29, 0.717) is 11.8 Å². The molecule has 0 fully saturated rings. The third-order valence-electron chi connectivity index (χ3n) is 9.99. The van der Waals surface area contributed by atoms with Gasteiger partial charge >= 0.3 is 0 Å². The van der Waals surface area contributed by atoms with Gasteiger partial charge in [0.05, 0.1) is 22.4 Å². The fourth-order valence-corrected chi connectivity index (χ4v) is 7.50. The number of benzene rings is 7. The van der Waals surface area contributed by atoms with E-state index in [0.717, 1.165) is 66.9 Å². The van der Waals surface area contributed by atoms with Crippen LogP contribution in [0.25, 0.3) is 89.8 Å². The predicted molar refractivity (Wildman–Crippen MR) is 224 cm³/mol. The summed E-state index contributed by atoms with van der Waals surface area (Å²) in [5.41, 5.74) is 19.0. The Labute approximate surface area is 321 Å². The summed E-state index contributed by atoms with van der Waals surface area (Å²) in [5, 5.41) is 8.55. The highest BCUT2D eigenvalue weighted by Crippen LogP contribution is 2.39. The molecule has 0 saturated carbocycles. The summed E-state index contributed by atoms with van der Waals surface area (Å²) in [7, 11) is 0. The molecule has 0 spiro atoms. The van der Waals surface area contributed by atoms with Gasteiger partial charge in [-0.2, -0.15) is 0 Å². The maximum atomic E-state index is 5.99. The molecule has 9 aromatic rings. The quantitative estimate of drug-likeness (QED) is 0.165. The molecule has 0 aliphatic carbocycles. The molecular formula is C50H38N4O. The third-order valence-corrected chi connectivity index (χ3v) is 9.99. The van der Waals surface area contributed by atoms with Gasteiger partial charge in [-0.25, -0.2) is 9.97 Å². The molecule has 0 amide bonds. The van der Waals surface area contributed by atoms with Crippen LogP contribution in [0.5, 0.6) is 0 Å². The molecule has 0 bridgehead atoms. The summed E-state index contributed by atoms with van der Waals surface area (Å²) in [6.45, 7) is 8.63. The summed E-state index contributed by atoms with van der Waals surface area (Å²) in [5.74, 6) is 0.996. The third kappa shape index (κ3) is 6.84. The molecule has 0 saturated heterocycles. The van der Waals surface area contributed by atoms with Crippen molar-refractivity contribution in [3.8, 4) is 78.8 Å². The topological polar surface area (TPSA) is 64.7 Å². The van der Waals surface area contributed by atoms with E-state index in [4.69, 9.17) is 14.4 Å². The smallest absolute Gasteiger partial charge is 0.248 e. The average molecular weight is 711 g/mol. The van der Waals surface area contributed by atoms with Gasteiger partial charge in [-0.15, -0.1) is 10.2 Å². The van der Waals surface area contributed by atoms with Crippen molar-refractivity contribution in [1.82, 2.24) is 20.2 Å². The van der Waals surface area contributed by atoms with Crippen molar-refractivity contribution in [3.05, 3.63) is 180 Å². The van der Waals surface area contributed by atoms with Gasteiger partial charge in [-0.05, 0) is 97.5 Å². The molecule has 2 heterocycles. The molecule has 0 aliphatic rings. The van der Waals surface area contributed by atoms with Gasteiger partial charge in [-0.1, -0.05) is 144 Å². The summed E-state index contributed by atoms with van der Waals surface area (Å²) in [6.07, 6.45) is 0. The Morgan fingerprint density at radius 1 is 0.327 bits per heavy atom. The van der Waals surface area contributed by atoms with Gasteiger partial charge in [0.15, 0.2) is 0 Å². The maximum absolute atomic E-state index is 5.99. The van der Waals surface area contributed by atoms with Crippen LogP contribution < -0.4 is 0 Å². The number of nitrogens with zero attached hydrogens (tertiary/aromatic N) is 4. The molecule has 0 atom stereocenters. The number of rotatable bonds is 7. The second-order valence-electron chi connectivity index (χ2n) is 14.4. The Hall–Kier alpha value is -6.98. The summed E-state index contributed by atoms with van der Waals surface area (Å²) in [6, 6.07) is 54.9. The van der Waals surface area contributed by atoms with Crippen molar-refractivity contribution in [2.75, 3.05) is 0 Å². The summed E-state index contributed by atoms with van der Waals surface area (Å²) < 4.78 is 5.99. The lowest BCUT2D eigenvalue weighted by Gasteiger charge is -2.17. The van der Waals surface area contributed by atoms with Gasteiger partial charge in [0.25, 0.3) is 0 Å². The van der Waals surface area contributed by atoms with Crippen LogP contribution in [0.4, 0.5) is 0 Å². The molecule has 5 nitrogen and oxygen atoms in total. The van der Waals surface area contributed by atoms with Gasteiger partial charge < -0.3 is 4.42 Å². The second kappa shape index (κ2) is 14.1. The molecule has 0 radical (unpaired) electrons.